The predicted molar refractivity (Wildman–Crippen MR) is 165 cm³/mol. The summed E-state index contributed by atoms with van der Waals surface area (Å²) in [6.45, 7) is 1.97. The molecule has 0 spiro atoms. The van der Waals surface area contributed by atoms with Crippen LogP contribution in [0.3, 0.4) is 0 Å². The number of nitrogens with one attached hydrogen (secondary N) is 1. The molecule has 0 aliphatic carbocycles. The Balaban J connectivity index is 1.60. The second kappa shape index (κ2) is 10.3. The third kappa shape index (κ3) is 4.80. The van der Waals surface area contributed by atoms with E-state index < -0.39 is 15.8 Å². The Labute approximate surface area is 245 Å². The summed E-state index contributed by atoms with van der Waals surface area (Å²) in [5.41, 5.74) is 4.62. The lowest BCUT2D eigenvalue weighted by molar-refractivity contribution is 0.0964. The second-order valence-electron chi connectivity index (χ2n) is 9.88. The number of hydrogen-bond acceptors (Lipinski definition) is 7. The number of pyridine rings is 1. The largest absolute Gasteiger partial charge is 0.455 e. The van der Waals surface area contributed by atoms with Crippen LogP contribution in [0.2, 0.25) is 0 Å². The third-order valence-corrected chi connectivity index (χ3v) is 9.32. The minimum atomic E-state index is -3.69. The van der Waals surface area contributed by atoms with Gasteiger partial charge in [-0.25, -0.2) is 17.8 Å². The zero-order valence-corrected chi connectivity index (χ0v) is 24.7. The molecule has 0 radical (unpaired) electrons. The van der Waals surface area contributed by atoms with Crippen LogP contribution in [-0.2, 0) is 10.0 Å². The number of amides is 1. The van der Waals surface area contributed by atoms with Crippen molar-refractivity contribution in [2.45, 2.75) is 6.92 Å². The Bertz CT molecular complexity index is 2120. The summed E-state index contributed by atoms with van der Waals surface area (Å²) in [6.07, 6.45) is 2.70. The number of thiazole rings is 1. The van der Waals surface area contributed by atoms with E-state index in [0.29, 0.717) is 60.1 Å². The van der Waals surface area contributed by atoms with E-state index >= 15 is 0 Å². The van der Waals surface area contributed by atoms with Gasteiger partial charge in [0, 0.05) is 48.4 Å². The summed E-state index contributed by atoms with van der Waals surface area (Å²) in [4.78, 5) is 22.3. The maximum Gasteiger partial charge on any atom is 0.255 e. The Kier molecular flexibility index (Phi) is 6.78. The van der Waals surface area contributed by atoms with Gasteiger partial charge in [-0.05, 0) is 37.3 Å². The first kappa shape index (κ1) is 27.6. The second-order valence-corrected chi connectivity index (χ2v) is 12.9. The summed E-state index contributed by atoms with van der Waals surface area (Å²) in [6, 6.07) is 19.3. The van der Waals surface area contributed by atoms with Crippen molar-refractivity contribution in [1.82, 2.24) is 15.3 Å². The Hall–Kier alpha value is -4.61. The highest BCUT2D eigenvalue weighted by Gasteiger charge is 2.26. The lowest BCUT2D eigenvalue weighted by Crippen LogP contribution is -2.25. The molecule has 6 aromatic rings. The zero-order valence-electron chi connectivity index (χ0n) is 23.1. The quantitative estimate of drug-likeness (QED) is 0.230. The summed E-state index contributed by atoms with van der Waals surface area (Å²) in [5, 5.41) is 3.78. The number of aryl methyl sites for hydroxylation is 1. The third-order valence-electron chi connectivity index (χ3n) is 7.06. The molecule has 3 aromatic heterocycles. The van der Waals surface area contributed by atoms with Gasteiger partial charge in [0.05, 0.1) is 27.9 Å². The fourth-order valence-electron chi connectivity index (χ4n) is 4.78. The maximum absolute atomic E-state index is 14.4. The van der Waals surface area contributed by atoms with Gasteiger partial charge in [0.2, 0.25) is 10.0 Å². The van der Waals surface area contributed by atoms with E-state index in [1.165, 1.54) is 24.5 Å². The Morgan fingerprint density at radius 2 is 1.81 bits per heavy atom. The molecule has 0 aliphatic heterocycles. The Morgan fingerprint density at radius 1 is 1.05 bits per heavy atom. The fraction of sp³-hybridized carbons (Fsp3) is 0.129. The molecule has 0 saturated heterocycles. The zero-order chi connectivity index (χ0) is 29.8. The van der Waals surface area contributed by atoms with E-state index in [2.05, 4.69) is 15.3 Å². The minimum Gasteiger partial charge on any atom is -0.455 e. The smallest absolute Gasteiger partial charge is 0.255 e. The number of hydrogen-bond donors (Lipinski definition) is 1. The molecule has 8 nitrogen and oxygen atoms in total. The topological polar surface area (TPSA) is 105 Å². The number of anilines is 1. The van der Waals surface area contributed by atoms with E-state index in [1.54, 1.807) is 49.6 Å². The fourth-order valence-corrected chi connectivity index (χ4v) is 6.27. The molecule has 212 valence electrons. The monoisotopic (exact) mass is 600 g/mol. The summed E-state index contributed by atoms with van der Waals surface area (Å²) >= 11 is 1.34. The van der Waals surface area contributed by atoms with Crippen molar-refractivity contribution >= 4 is 54.1 Å². The molecule has 0 atom stereocenters. The number of carbonyl (C=O) groups excluding carboxylic acids is 1. The molecule has 11 heteroatoms. The highest BCUT2D eigenvalue weighted by Crippen LogP contribution is 2.42. The number of furan rings is 1. The normalized spacial score (nSPS) is 11.7. The van der Waals surface area contributed by atoms with Crippen LogP contribution in [0.5, 0.6) is 0 Å². The first-order valence-electron chi connectivity index (χ1n) is 12.9. The van der Waals surface area contributed by atoms with E-state index in [1.807, 2.05) is 31.2 Å². The maximum atomic E-state index is 14.4. The summed E-state index contributed by atoms with van der Waals surface area (Å²) in [7, 11) is -0.700. The van der Waals surface area contributed by atoms with Gasteiger partial charge in [-0.15, -0.1) is 11.3 Å². The lowest BCUT2D eigenvalue weighted by atomic mass is 10.00. The molecule has 1 N–H and O–H groups in total. The molecule has 1 amide bonds. The van der Waals surface area contributed by atoms with Crippen LogP contribution in [0, 0.1) is 12.7 Å². The van der Waals surface area contributed by atoms with Gasteiger partial charge in [-0.2, -0.15) is 0 Å². The number of fused-ring (bicyclic) bond motifs is 2. The van der Waals surface area contributed by atoms with Crippen LogP contribution in [0.4, 0.5) is 10.1 Å². The molecule has 0 unspecified atom stereocenters. The SMILES string of the molecule is CNC(=O)c1c(-c2ccc(C)cc2)oc2cc(N(C)S(C)(=O)=O)c(-c3cc(-c4nc5c(F)cccc5s4)ccn3)cc12. The van der Waals surface area contributed by atoms with Gasteiger partial charge < -0.3 is 9.73 Å². The van der Waals surface area contributed by atoms with Crippen molar-refractivity contribution in [1.29, 1.82) is 0 Å². The highest BCUT2D eigenvalue weighted by molar-refractivity contribution is 7.92. The molecule has 6 rings (SSSR count). The van der Waals surface area contributed by atoms with Crippen LogP contribution >= 0.6 is 11.3 Å². The predicted octanol–water partition coefficient (Wildman–Crippen LogP) is 6.64. The summed E-state index contributed by atoms with van der Waals surface area (Å²) < 4.78 is 47.9. The number of nitrogens with zero attached hydrogens (tertiary/aromatic N) is 3. The first-order valence-corrected chi connectivity index (χ1v) is 15.6. The average molecular weight is 601 g/mol. The number of para-hydroxylation sites is 1. The van der Waals surface area contributed by atoms with Crippen molar-refractivity contribution < 1.29 is 22.0 Å². The molecular weight excluding hydrogens is 575 g/mol. The average Bonchev–Trinajstić information content (AvgIpc) is 3.58. The molecular formula is C31H25FN4O4S2. The number of rotatable bonds is 6. The van der Waals surface area contributed by atoms with Crippen LogP contribution in [0.1, 0.15) is 15.9 Å². The molecule has 3 heterocycles. The standard InChI is InChI=1S/C31H25FN4O4S2/c1-17-8-10-18(11-9-17)29-27(30(37)33-2)21-15-20(24(16-25(21)40-29)36(3)42(4,38)39)23-14-19(12-13-34-23)31-35-28-22(32)6-5-7-26(28)41-31/h5-16H,1-4H3,(H,33,37). The molecule has 3 aromatic carbocycles. The van der Waals surface area contributed by atoms with Crippen LogP contribution in [0.15, 0.2) is 77.3 Å². The first-order chi connectivity index (χ1) is 20.0. The van der Waals surface area contributed by atoms with Gasteiger partial charge in [-0.3, -0.25) is 14.1 Å². The van der Waals surface area contributed by atoms with Crippen LogP contribution in [-0.4, -0.2) is 44.6 Å². The van der Waals surface area contributed by atoms with Crippen molar-refractivity contribution in [2.75, 3.05) is 24.7 Å². The Morgan fingerprint density at radius 3 is 2.50 bits per heavy atom. The van der Waals surface area contributed by atoms with Gasteiger partial charge >= 0.3 is 0 Å². The van der Waals surface area contributed by atoms with Crippen molar-refractivity contribution in [3.8, 4) is 33.2 Å². The van der Waals surface area contributed by atoms with Crippen LogP contribution < -0.4 is 9.62 Å². The highest BCUT2D eigenvalue weighted by atomic mass is 32.2. The number of benzene rings is 3. The minimum absolute atomic E-state index is 0.284. The molecule has 0 aliphatic rings. The van der Waals surface area contributed by atoms with Gasteiger partial charge in [0.1, 0.15) is 27.7 Å². The molecule has 0 bridgehead atoms. The number of halogens is 1. The van der Waals surface area contributed by atoms with E-state index in [-0.39, 0.29) is 11.4 Å². The molecule has 0 fully saturated rings. The van der Waals surface area contributed by atoms with Gasteiger partial charge in [-0.1, -0.05) is 35.9 Å². The van der Waals surface area contributed by atoms with E-state index in [0.717, 1.165) is 16.1 Å². The van der Waals surface area contributed by atoms with Gasteiger partial charge in [0.15, 0.2) is 0 Å². The van der Waals surface area contributed by atoms with Crippen molar-refractivity contribution in [3.05, 3.63) is 89.9 Å². The number of aromatic nitrogens is 2. The van der Waals surface area contributed by atoms with E-state index in [9.17, 15) is 17.6 Å². The summed E-state index contributed by atoms with van der Waals surface area (Å²) in [5.74, 6) is -0.386. The molecule has 0 saturated carbocycles. The number of sulfonamides is 1. The number of carbonyl (C=O) groups is 1. The van der Waals surface area contributed by atoms with Crippen LogP contribution in [0.25, 0.3) is 54.3 Å². The van der Waals surface area contributed by atoms with Gasteiger partial charge in [0.25, 0.3) is 5.91 Å². The molecule has 42 heavy (non-hydrogen) atoms. The van der Waals surface area contributed by atoms with E-state index in [4.69, 9.17) is 4.42 Å². The van der Waals surface area contributed by atoms with Crippen molar-refractivity contribution in [2.24, 2.45) is 0 Å². The lowest BCUT2D eigenvalue weighted by Gasteiger charge is -2.20. The van der Waals surface area contributed by atoms with Crippen molar-refractivity contribution in [3.63, 3.8) is 0 Å².